The van der Waals surface area contributed by atoms with Crippen molar-refractivity contribution in [2.24, 2.45) is 0 Å². The zero-order chi connectivity index (χ0) is 13.7. The molecule has 1 aromatic heterocycles. The molecule has 0 aromatic carbocycles. The summed E-state index contributed by atoms with van der Waals surface area (Å²) in [5, 5.41) is 7.14. The van der Waals surface area contributed by atoms with Gasteiger partial charge in [-0.15, -0.1) is 0 Å². The van der Waals surface area contributed by atoms with Crippen molar-refractivity contribution in [2.45, 2.75) is 38.9 Å². The average Bonchev–Trinajstić information content (AvgIpc) is 2.86. The van der Waals surface area contributed by atoms with Gasteiger partial charge in [0.2, 0.25) is 0 Å². The number of nitrogens with one attached hydrogen (secondary N) is 1. The van der Waals surface area contributed by atoms with Crippen molar-refractivity contribution in [1.29, 1.82) is 0 Å². The fraction of sp³-hybridized carbons (Fsp3) is 0.786. The van der Waals surface area contributed by atoms with Gasteiger partial charge < -0.3 is 14.7 Å². The Morgan fingerprint density at radius 3 is 2.84 bits per heavy atom. The molecule has 108 valence electrons. The Hall–Kier alpha value is -0.910. The van der Waals surface area contributed by atoms with E-state index in [0.717, 1.165) is 24.5 Å². The van der Waals surface area contributed by atoms with Gasteiger partial charge >= 0.3 is 0 Å². The lowest BCUT2D eigenvalue weighted by atomic mass is 10.0. The number of nitrogens with zero attached hydrogens (tertiary/aromatic N) is 3. The number of rotatable bonds is 6. The Bertz CT molecular complexity index is 371. The SMILES string of the molecule is CCN1CCC(N(C)Cc2cc(CNC)no2)CC1. The summed E-state index contributed by atoms with van der Waals surface area (Å²) in [5.41, 5.74) is 0.978. The normalized spacial score (nSPS) is 18.3. The van der Waals surface area contributed by atoms with Gasteiger partial charge in [0.05, 0.1) is 12.2 Å². The molecule has 1 N–H and O–H groups in total. The highest BCUT2D eigenvalue weighted by Crippen LogP contribution is 2.17. The van der Waals surface area contributed by atoms with Crippen LogP contribution >= 0.6 is 0 Å². The number of hydrogen-bond acceptors (Lipinski definition) is 5. The van der Waals surface area contributed by atoms with E-state index in [2.05, 4.69) is 34.2 Å². The molecule has 5 heteroatoms. The van der Waals surface area contributed by atoms with Crippen molar-refractivity contribution in [3.8, 4) is 0 Å². The molecule has 2 rings (SSSR count). The summed E-state index contributed by atoms with van der Waals surface area (Å²) in [6.45, 7) is 7.46. The number of hydrogen-bond donors (Lipinski definition) is 1. The van der Waals surface area contributed by atoms with Crippen molar-refractivity contribution >= 4 is 0 Å². The molecule has 0 atom stereocenters. The summed E-state index contributed by atoms with van der Waals surface area (Å²) in [6, 6.07) is 2.72. The lowest BCUT2D eigenvalue weighted by Gasteiger charge is -2.35. The molecule has 0 aliphatic carbocycles. The maximum atomic E-state index is 5.38. The molecular weight excluding hydrogens is 240 g/mol. The third-order valence-electron chi connectivity index (χ3n) is 4.00. The van der Waals surface area contributed by atoms with Crippen LogP contribution in [0.15, 0.2) is 10.6 Å². The van der Waals surface area contributed by atoms with E-state index in [1.54, 1.807) is 0 Å². The van der Waals surface area contributed by atoms with E-state index in [4.69, 9.17) is 4.52 Å². The lowest BCUT2D eigenvalue weighted by molar-refractivity contribution is 0.119. The van der Waals surface area contributed by atoms with Crippen molar-refractivity contribution in [1.82, 2.24) is 20.3 Å². The average molecular weight is 266 g/mol. The molecule has 0 spiro atoms. The van der Waals surface area contributed by atoms with Crippen molar-refractivity contribution in [2.75, 3.05) is 33.7 Å². The molecule has 5 nitrogen and oxygen atoms in total. The maximum Gasteiger partial charge on any atom is 0.151 e. The van der Waals surface area contributed by atoms with Gasteiger partial charge in [-0.2, -0.15) is 0 Å². The third-order valence-corrected chi connectivity index (χ3v) is 4.00. The Morgan fingerprint density at radius 1 is 1.47 bits per heavy atom. The molecule has 0 unspecified atom stereocenters. The summed E-state index contributed by atoms with van der Waals surface area (Å²) in [4.78, 5) is 4.92. The molecule has 19 heavy (non-hydrogen) atoms. The minimum absolute atomic E-state index is 0.667. The predicted molar refractivity (Wildman–Crippen MR) is 75.9 cm³/mol. The smallest absolute Gasteiger partial charge is 0.151 e. The van der Waals surface area contributed by atoms with Crippen LogP contribution in [0.1, 0.15) is 31.2 Å². The first-order chi connectivity index (χ1) is 9.22. The Labute approximate surface area is 115 Å². The summed E-state index contributed by atoms with van der Waals surface area (Å²) in [5.74, 6) is 0.964. The number of piperidine rings is 1. The second-order valence-electron chi connectivity index (χ2n) is 5.40. The van der Waals surface area contributed by atoms with Gasteiger partial charge in [-0.1, -0.05) is 12.1 Å². The molecule has 1 aliphatic heterocycles. The highest BCUT2D eigenvalue weighted by atomic mass is 16.5. The molecule has 1 saturated heterocycles. The van der Waals surface area contributed by atoms with Gasteiger partial charge in [-0.05, 0) is 46.6 Å². The molecule has 1 aromatic rings. The summed E-state index contributed by atoms with van der Waals surface area (Å²) in [6.07, 6.45) is 2.50. The molecule has 1 fully saturated rings. The van der Waals surface area contributed by atoms with Crippen molar-refractivity contribution < 1.29 is 4.52 Å². The quantitative estimate of drug-likeness (QED) is 0.841. The van der Waals surface area contributed by atoms with Crippen molar-refractivity contribution in [3.63, 3.8) is 0 Å². The first kappa shape index (κ1) is 14.5. The highest BCUT2D eigenvalue weighted by molar-refractivity contribution is 5.05. The van der Waals surface area contributed by atoms with E-state index >= 15 is 0 Å². The molecular formula is C14H26N4O. The minimum atomic E-state index is 0.667. The van der Waals surface area contributed by atoms with Gasteiger partial charge in [-0.25, -0.2) is 0 Å². The van der Waals surface area contributed by atoms with Gasteiger partial charge in [0.15, 0.2) is 5.76 Å². The highest BCUT2D eigenvalue weighted by Gasteiger charge is 2.22. The van der Waals surface area contributed by atoms with Crippen LogP contribution in [-0.4, -0.2) is 54.7 Å². The second-order valence-corrected chi connectivity index (χ2v) is 5.40. The van der Waals surface area contributed by atoms with E-state index in [-0.39, 0.29) is 0 Å². The third kappa shape index (κ3) is 4.03. The van der Waals surface area contributed by atoms with Crippen LogP contribution in [0.3, 0.4) is 0 Å². The first-order valence-corrected chi connectivity index (χ1v) is 7.24. The van der Waals surface area contributed by atoms with Crippen LogP contribution in [0.4, 0.5) is 0 Å². The van der Waals surface area contributed by atoms with E-state index in [9.17, 15) is 0 Å². The van der Waals surface area contributed by atoms with Gasteiger partial charge in [0, 0.05) is 18.7 Å². The van der Waals surface area contributed by atoms with Gasteiger partial charge in [-0.3, -0.25) is 4.90 Å². The van der Waals surface area contributed by atoms with Gasteiger partial charge in [0.1, 0.15) is 0 Å². The summed E-state index contributed by atoms with van der Waals surface area (Å²) in [7, 11) is 4.11. The fourth-order valence-corrected chi connectivity index (χ4v) is 2.75. The van der Waals surface area contributed by atoms with Crippen LogP contribution in [0, 0.1) is 0 Å². The Balaban J connectivity index is 1.81. The van der Waals surface area contributed by atoms with Crippen LogP contribution < -0.4 is 5.32 Å². The molecule has 0 radical (unpaired) electrons. The van der Waals surface area contributed by atoms with Crippen molar-refractivity contribution in [3.05, 3.63) is 17.5 Å². The lowest BCUT2D eigenvalue weighted by Crippen LogP contribution is -2.42. The van der Waals surface area contributed by atoms with Crippen LogP contribution in [0.25, 0.3) is 0 Å². The number of aromatic nitrogens is 1. The first-order valence-electron chi connectivity index (χ1n) is 7.24. The molecule has 0 saturated carbocycles. The van der Waals surface area contributed by atoms with Crippen LogP contribution in [0.2, 0.25) is 0 Å². The zero-order valence-corrected chi connectivity index (χ0v) is 12.4. The molecule has 1 aliphatic rings. The van der Waals surface area contributed by atoms with E-state index in [1.807, 2.05) is 13.1 Å². The molecule has 0 amide bonds. The predicted octanol–water partition coefficient (Wildman–Crippen LogP) is 1.31. The largest absolute Gasteiger partial charge is 0.360 e. The topological polar surface area (TPSA) is 44.5 Å². The summed E-state index contributed by atoms with van der Waals surface area (Å²) >= 11 is 0. The summed E-state index contributed by atoms with van der Waals surface area (Å²) < 4.78 is 5.38. The second kappa shape index (κ2) is 7.03. The van der Waals surface area contributed by atoms with E-state index < -0.39 is 0 Å². The van der Waals surface area contributed by atoms with Crippen LogP contribution in [0.5, 0.6) is 0 Å². The molecule has 2 heterocycles. The van der Waals surface area contributed by atoms with Crippen LogP contribution in [-0.2, 0) is 13.1 Å². The zero-order valence-electron chi connectivity index (χ0n) is 12.4. The molecule has 0 bridgehead atoms. The van der Waals surface area contributed by atoms with Gasteiger partial charge in [0.25, 0.3) is 0 Å². The number of likely N-dealkylation sites (tertiary alicyclic amines) is 1. The minimum Gasteiger partial charge on any atom is -0.360 e. The Morgan fingerprint density at radius 2 is 2.21 bits per heavy atom. The monoisotopic (exact) mass is 266 g/mol. The Kier molecular flexibility index (Phi) is 5.36. The fourth-order valence-electron chi connectivity index (χ4n) is 2.75. The van der Waals surface area contributed by atoms with E-state index in [0.29, 0.717) is 6.04 Å². The standard InChI is InChI=1S/C14H26N4O/c1-4-18-7-5-13(6-8-18)17(3)11-14-9-12(10-15-2)16-19-14/h9,13,15H,4-8,10-11H2,1-3H3. The van der Waals surface area contributed by atoms with E-state index in [1.165, 1.54) is 32.5 Å². The maximum absolute atomic E-state index is 5.38.